The highest BCUT2D eigenvalue weighted by Gasteiger charge is 2.17. The van der Waals surface area contributed by atoms with Crippen LogP contribution in [-0.2, 0) is 0 Å². The average Bonchev–Trinajstić information content (AvgIpc) is 2.68. The van der Waals surface area contributed by atoms with Crippen LogP contribution in [-0.4, -0.2) is 30.3 Å². The van der Waals surface area contributed by atoms with Crippen LogP contribution in [0.15, 0.2) is 29.4 Å². The third-order valence-electron chi connectivity index (χ3n) is 4.95. The fraction of sp³-hybridized carbons (Fsp3) is 0.545. The number of aryl methyl sites for hydroxylation is 1. The smallest absolute Gasteiger partial charge is 0.132 e. The zero-order chi connectivity index (χ0) is 20.5. The third kappa shape index (κ3) is 6.09. The number of aromatic nitrogens is 1. The first-order valence-corrected chi connectivity index (χ1v) is 10.2. The van der Waals surface area contributed by atoms with E-state index in [1.165, 1.54) is 11.8 Å². The summed E-state index contributed by atoms with van der Waals surface area (Å²) in [5.41, 5.74) is 10.6. The first-order valence-electron chi connectivity index (χ1n) is 10.2. The summed E-state index contributed by atoms with van der Waals surface area (Å²) in [5, 5.41) is 19.3. The number of benzene rings is 1. The number of fused-ring (bicyclic) bond motifs is 1. The van der Waals surface area contributed by atoms with E-state index >= 15 is 0 Å². The minimum absolute atomic E-state index is 0.376. The zero-order valence-electron chi connectivity index (χ0n) is 17.5. The Bertz CT molecular complexity index is 786. The molecule has 0 spiro atoms. The number of anilines is 1. The summed E-state index contributed by atoms with van der Waals surface area (Å²) < 4.78 is 0. The molecule has 1 heterocycles. The summed E-state index contributed by atoms with van der Waals surface area (Å²) in [4.78, 5) is 4.81. The maximum absolute atomic E-state index is 7.57. The van der Waals surface area contributed by atoms with Crippen LogP contribution in [0.4, 0.5) is 5.82 Å². The molecule has 1 aromatic heterocycles. The van der Waals surface area contributed by atoms with Gasteiger partial charge in [0.05, 0.1) is 5.52 Å². The quantitative estimate of drug-likeness (QED) is 0.289. The lowest BCUT2D eigenvalue weighted by atomic mass is 10.0. The molecular weight excluding hydrogens is 348 g/mol. The van der Waals surface area contributed by atoms with Crippen LogP contribution in [0, 0.1) is 23.8 Å². The maximum Gasteiger partial charge on any atom is 0.132 e. The normalized spacial score (nSPS) is 13.5. The fourth-order valence-corrected chi connectivity index (χ4v) is 3.29. The van der Waals surface area contributed by atoms with Gasteiger partial charge >= 0.3 is 0 Å². The lowest BCUT2D eigenvalue weighted by molar-refractivity contribution is 0.438. The van der Waals surface area contributed by atoms with E-state index in [0.29, 0.717) is 18.4 Å². The second-order valence-corrected chi connectivity index (χ2v) is 7.83. The van der Waals surface area contributed by atoms with Crippen molar-refractivity contribution in [1.82, 2.24) is 10.3 Å². The minimum Gasteiger partial charge on any atom is -0.370 e. The molecule has 6 nitrogen and oxygen atoms in total. The van der Waals surface area contributed by atoms with Gasteiger partial charge in [-0.25, -0.2) is 10.5 Å². The number of hydrogen-bond donors (Lipinski definition) is 4. The maximum atomic E-state index is 7.57. The predicted octanol–water partition coefficient (Wildman–Crippen LogP) is 5.48. The Morgan fingerprint density at radius 3 is 2.68 bits per heavy atom. The minimum atomic E-state index is -0.376. The van der Waals surface area contributed by atoms with Crippen LogP contribution in [0.25, 0.3) is 10.9 Å². The van der Waals surface area contributed by atoms with Crippen molar-refractivity contribution in [3.8, 4) is 0 Å². The van der Waals surface area contributed by atoms with Crippen molar-refractivity contribution in [3.63, 3.8) is 0 Å². The van der Waals surface area contributed by atoms with Gasteiger partial charge < -0.3 is 16.0 Å². The van der Waals surface area contributed by atoms with Gasteiger partial charge in [0.25, 0.3) is 0 Å². The molecule has 2 rings (SSSR count). The number of hydrogen-bond acceptors (Lipinski definition) is 6. The molecule has 0 bridgehead atoms. The summed E-state index contributed by atoms with van der Waals surface area (Å²) in [6.07, 6.45) is 3.81. The van der Waals surface area contributed by atoms with Crippen LogP contribution in [0.5, 0.6) is 0 Å². The van der Waals surface area contributed by atoms with E-state index in [-0.39, 0.29) is 6.04 Å². The van der Waals surface area contributed by atoms with Crippen molar-refractivity contribution in [3.05, 3.63) is 35.4 Å². The molecule has 0 amide bonds. The van der Waals surface area contributed by atoms with E-state index in [0.717, 1.165) is 48.2 Å². The van der Waals surface area contributed by atoms with Gasteiger partial charge in [0, 0.05) is 30.0 Å². The summed E-state index contributed by atoms with van der Waals surface area (Å²) in [6.45, 7) is 10.5. The predicted molar refractivity (Wildman–Crippen MR) is 118 cm³/mol. The van der Waals surface area contributed by atoms with Crippen LogP contribution < -0.4 is 10.6 Å². The Kier molecular flexibility index (Phi) is 8.51. The summed E-state index contributed by atoms with van der Waals surface area (Å²) in [5.74, 6) is 1.41. The van der Waals surface area contributed by atoms with E-state index in [1.54, 1.807) is 0 Å². The molecule has 0 saturated heterocycles. The average molecular weight is 383 g/mol. The molecule has 0 radical (unpaired) electrons. The highest BCUT2D eigenvalue weighted by atomic mass is 15.0. The highest BCUT2D eigenvalue weighted by molar-refractivity contribution is 5.82. The molecular formula is C22H34N6. The van der Waals surface area contributed by atoms with Crippen molar-refractivity contribution in [1.29, 1.82) is 10.9 Å². The molecule has 0 aliphatic rings. The molecule has 0 fully saturated rings. The second kappa shape index (κ2) is 10.9. The molecule has 28 heavy (non-hydrogen) atoms. The molecule has 2 atom stereocenters. The molecule has 6 heteroatoms. The first-order chi connectivity index (χ1) is 13.5. The standard InChI is InChI=1S/C22H34N6/c1-5-18(26-14-15(2)3)9-11-25-22-19(21(28-24)8-10-23)13-17-12-16(4)6-7-20(17)27-22/h6-7,10,12-13,15,18,21,23-24,26H,5,8-9,11,14H2,1-4H3,(H,25,27). The van der Waals surface area contributed by atoms with E-state index in [4.69, 9.17) is 15.9 Å². The SMILES string of the molecule is CCC(CCNc1nc2ccc(C)cc2cc1C(CC=N)N=N)NCC(C)C. The van der Waals surface area contributed by atoms with Crippen molar-refractivity contribution < 1.29 is 0 Å². The largest absolute Gasteiger partial charge is 0.370 e. The lowest BCUT2D eigenvalue weighted by Crippen LogP contribution is -2.33. The van der Waals surface area contributed by atoms with E-state index in [2.05, 4.69) is 61.6 Å². The van der Waals surface area contributed by atoms with Crippen molar-refractivity contribution >= 4 is 22.9 Å². The van der Waals surface area contributed by atoms with E-state index in [9.17, 15) is 0 Å². The lowest BCUT2D eigenvalue weighted by Gasteiger charge is -2.20. The van der Waals surface area contributed by atoms with Crippen LogP contribution in [0.1, 0.15) is 57.2 Å². The van der Waals surface area contributed by atoms with Gasteiger partial charge in [-0.2, -0.15) is 5.11 Å². The van der Waals surface area contributed by atoms with Gasteiger partial charge in [0.2, 0.25) is 0 Å². The van der Waals surface area contributed by atoms with Crippen molar-refractivity contribution in [2.45, 2.75) is 59.0 Å². The Hall–Kier alpha value is -2.34. The monoisotopic (exact) mass is 382 g/mol. The van der Waals surface area contributed by atoms with Crippen LogP contribution >= 0.6 is 0 Å². The van der Waals surface area contributed by atoms with Gasteiger partial charge in [0.1, 0.15) is 11.9 Å². The highest BCUT2D eigenvalue weighted by Crippen LogP contribution is 2.30. The topological polar surface area (TPSA) is 97.0 Å². The molecule has 1 aromatic carbocycles. The second-order valence-electron chi connectivity index (χ2n) is 7.83. The van der Waals surface area contributed by atoms with Crippen LogP contribution in [0.3, 0.4) is 0 Å². The molecule has 0 saturated carbocycles. The van der Waals surface area contributed by atoms with E-state index in [1.807, 2.05) is 6.07 Å². The van der Waals surface area contributed by atoms with E-state index < -0.39 is 0 Å². The van der Waals surface area contributed by atoms with Gasteiger partial charge in [-0.1, -0.05) is 32.4 Å². The molecule has 2 aromatic rings. The molecule has 2 unspecified atom stereocenters. The Morgan fingerprint density at radius 1 is 1.25 bits per heavy atom. The molecule has 152 valence electrons. The van der Waals surface area contributed by atoms with Gasteiger partial charge in [-0.15, -0.1) is 0 Å². The Balaban J connectivity index is 2.21. The van der Waals surface area contributed by atoms with Gasteiger partial charge in [0.15, 0.2) is 0 Å². The molecule has 4 N–H and O–H groups in total. The number of pyridine rings is 1. The first kappa shape index (κ1) is 22.0. The summed E-state index contributed by atoms with van der Waals surface area (Å²) in [6, 6.07) is 8.36. The molecule has 0 aliphatic carbocycles. The van der Waals surface area contributed by atoms with Crippen molar-refractivity contribution in [2.75, 3.05) is 18.4 Å². The Morgan fingerprint density at radius 2 is 2.04 bits per heavy atom. The number of rotatable bonds is 12. The van der Waals surface area contributed by atoms with Crippen molar-refractivity contribution in [2.24, 2.45) is 11.0 Å². The Labute approximate surface area is 168 Å². The fourth-order valence-electron chi connectivity index (χ4n) is 3.29. The zero-order valence-corrected chi connectivity index (χ0v) is 17.5. The molecule has 0 aliphatic heterocycles. The number of nitrogens with one attached hydrogen (secondary N) is 4. The number of nitrogens with zero attached hydrogens (tertiary/aromatic N) is 2. The van der Waals surface area contributed by atoms with Gasteiger partial charge in [-0.05, 0) is 56.6 Å². The summed E-state index contributed by atoms with van der Waals surface area (Å²) in [7, 11) is 0. The summed E-state index contributed by atoms with van der Waals surface area (Å²) >= 11 is 0. The van der Waals surface area contributed by atoms with Gasteiger partial charge in [-0.3, -0.25) is 0 Å². The third-order valence-corrected chi connectivity index (χ3v) is 4.95. The van der Waals surface area contributed by atoms with Crippen LogP contribution in [0.2, 0.25) is 0 Å².